The number of benzene rings is 2. The van der Waals surface area contributed by atoms with Gasteiger partial charge in [0.1, 0.15) is 6.54 Å². The van der Waals surface area contributed by atoms with Crippen LogP contribution in [0.3, 0.4) is 0 Å². The van der Waals surface area contributed by atoms with Crippen LogP contribution in [0.15, 0.2) is 54.7 Å². The zero-order valence-corrected chi connectivity index (χ0v) is 17.2. The van der Waals surface area contributed by atoms with Crippen molar-refractivity contribution in [2.24, 2.45) is 0 Å². The Labute approximate surface area is 172 Å². The second-order valence-electron chi connectivity index (χ2n) is 7.93. The fraction of sp³-hybridized carbons (Fsp3) is 0.375. The van der Waals surface area contributed by atoms with Crippen LogP contribution >= 0.6 is 0 Å². The second-order valence-corrected chi connectivity index (χ2v) is 7.93. The van der Waals surface area contributed by atoms with E-state index in [4.69, 9.17) is 4.74 Å². The van der Waals surface area contributed by atoms with Crippen LogP contribution < -0.4 is 5.32 Å². The van der Waals surface area contributed by atoms with Gasteiger partial charge in [-0.25, -0.2) is 0 Å². The molecule has 1 unspecified atom stereocenters. The fourth-order valence-corrected chi connectivity index (χ4v) is 3.88. The van der Waals surface area contributed by atoms with Gasteiger partial charge in [0, 0.05) is 37.5 Å². The van der Waals surface area contributed by atoms with Crippen molar-refractivity contribution in [3.8, 4) is 11.1 Å². The summed E-state index contributed by atoms with van der Waals surface area (Å²) in [6.45, 7) is 5.55. The molecule has 0 spiro atoms. The van der Waals surface area contributed by atoms with Crippen LogP contribution in [0.2, 0.25) is 0 Å². The largest absolute Gasteiger partial charge is 0.380 e. The van der Waals surface area contributed by atoms with Crippen LogP contribution in [-0.4, -0.2) is 54.8 Å². The number of rotatable bonds is 7. The summed E-state index contributed by atoms with van der Waals surface area (Å²) < 4.78 is 7.46. The van der Waals surface area contributed by atoms with Crippen molar-refractivity contribution in [1.29, 1.82) is 0 Å². The highest BCUT2D eigenvalue weighted by Crippen LogP contribution is 2.25. The average Bonchev–Trinajstić information content (AvgIpc) is 3.39. The van der Waals surface area contributed by atoms with Gasteiger partial charge in [0.2, 0.25) is 5.91 Å². The molecule has 3 aromatic rings. The van der Waals surface area contributed by atoms with Gasteiger partial charge in [-0.1, -0.05) is 42.0 Å². The van der Waals surface area contributed by atoms with Crippen molar-refractivity contribution < 1.29 is 9.53 Å². The van der Waals surface area contributed by atoms with Crippen molar-refractivity contribution in [2.45, 2.75) is 25.9 Å². The van der Waals surface area contributed by atoms with Gasteiger partial charge in [-0.15, -0.1) is 0 Å². The van der Waals surface area contributed by atoms with Crippen molar-refractivity contribution in [3.63, 3.8) is 0 Å². The minimum atomic E-state index is 0.0410. The molecular formula is C24H29N3O2. The van der Waals surface area contributed by atoms with Gasteiger partial charge >= 0.3 is 0 Å². The highest BCUT2D eigenvalue weighted by molar-refractivity contribution is 5.87. The maximum absolute atomic E-state index is 12.5. The number of fused-ring (bicyclic) bond motifs is 1. The maximum atomic E-state index is 12.5. The molecule has 1 amide bonds. The lowest BCUT2D eigenvalue weighted by molar-refractivity contribution is -0.121. The van der Waals surface area contributed by atoms with Gasteiger partial charge in [0.15, 0.2) is 0 Å². The summed E-state index contributed by atoms with van der Waals surface area (Å²) in [5.41, 5.74) is 4.69. The van der Waals surface area contributed by atoms with Gasteiger partial charge < -0.3 is 14.6 Å². The third-order valence-electron chi connectivity index (χ3n) is 5.79. The van der Waals surface area contributed by atoms with Gasteiger partial charge in [-0.2, -0.15) is 0 Å². The number of likely N-dealkylation sites (N-methyl/N-ethyl adjacent to an activating group) is 1. The van der Waals surface area contributed by atoms with Crippen molar-refractivity contribution in [2.75, 3.05) is 33.4 Å². The summed E-state index contributed by atoms with van der Waals surface area (Å²) in [5, 5.41) is 4.20. The zero-order chi connectivity index (χ0) is 20.2. The van der Waals surface area contributed by atoms with E-state index >= 15 is 0 Å². The number of ether oxygens (including phenoxy) is 1. The molecular weight excluding hydrogens is 362 g/mol. The summed E-state index contributed by atoms with van der Waals surface area (Å²) in [4.78, 5) is 14.7. The van der Waals surface area contributed by atoms with Gasteiger partial charge in [0.05, 0.1) is 6.61 Å². The summed E-state index contributed by atoms with van der Waals surface area (Å²) in [7, 11) is 2.09. The van der Waals surface area contributed by atoms with E-state index in [-0.39, 0.29) is 5.91 Å². The van der Waals surface area contributed by atoms with Crippen LogP contribution in [0.1, 0.15) is 12.0 Å². The number of hydrogen-bond acceptors (Lipinski definition) is 3. The molecule has 1 aliphatic heterocycles. The van der Waals surface area contributed by atoms with E-state index in [1.807, 2.05) is 10.8 Å². The average molecular weight is 392 g/mol. The topological polar surface area (TPSA) is 46.5 Å². The molecule has 2 aromatic carbocycles. The number of hydrogen-bond donors (Lipinski definition) is 1. The number of nitrogens with one attached hydrogen (secondary N) is 1. The molecule has 1 fully saturated rings. The SMILES string of the molecule is Cc1ccc(-c2ccc3ccn(CC(=O)NCCN(C)C4CCOC4)c3c2)cc1. The van der Waals surface area contributed by atoms with E-state index in [9.17, 15) is 4.79 Å². The predicted octanol–water partition coefficient (Wildman–Crippen LogP) is 3.45. The monoisotopic (exact) mass is 391 g/mol. The summed E-state index contributed by atoms with van der Waals surface area (Å²) in [6.07, 6.45) is 3.06. The summed E-state index contributed by atoms with van der Waals surface area (Å²) >= 11 is 0. The quantitative estimate of drug-likeness (QED) is 0.671. The Morgan fingerprint density at radius 2 is 1.97 bits per heavy atom. The van der Waals surface area contributed by atoms with Crippen molar-refractivity contribution in [1.82, 2.24) is 14.8 Å². The standard InChI is InChI=1S/C24H29N3O2/c1-18-3-5-19(6-4-18)21-8-7-20-9-12-27(23(20)15-21)16-24(28)25-11-13-26(2)22-10-14-29-17-22/h3-9,12,15,22H,10-11,13-14,16-17H2,1-2H3,(H,25,28). The fourth-order valence-electron chi connectivity index (χ4n) is 3.88. The molecule has 5 heteroatoms. The van der Waals surface area contributed by atoms with Gasteiger partial charge in [0.25, 0.3) is 0 Å². The number of carbonyl (C=O) groups is 1. The Hall–Kier alpha value is -2.63. The highest BCUT2D eigenvalue weighted by atomic mass is 16.5. The molecule has 1 aliphatic rings. The van der Waals surface area contributed by atoms with Crippen LogP contribution in [0.5, 0.6) is 0 Å². The Bertz CT molecular complexity index is 971. The molecule has 5 nitrogen and oxygen atoms in total. The van der Waals surface area contributed by atoms with E-state index in [0.717, 1.165) is 37.1 Å². The van der Waals surface area contributed by atoms with E-state index in [1.165, 1.54) is 16.7 Å². The molecule has 0 radical (unpaired) electrons. The first kappa shape index (κ1) is 19.7. The molecule has 29 heavy (non-hydrogen) atoms. The smallest absolute Gasteiger partial charge is 0.239 e. The van der Waals surface area contributed by atoms with E-state index in [1.54, 1.807) is 0 Å². The van der Waals surface area contributed by atoms with Crippen molar-refractivity contribution >= 4 is 16.8 Å². The molecule has 0 aliphatic carbocycles. The highest BCUT2D eigenvalue weighted by Gasteiger charge is 2.19. The van der Waals surface area contributed by atoms with E-state index in [2.05, 4.69) is 72.7 Å². The molecule has 152 valence electrons. The van der Waals surface area contributed by atoms with E-state index in [0.29, 0.717) is 19.1 Å². The third kappa shape index (κ3) is 4.69. The molecule has 0 saturated carbocycles. The molecule has 1 saturated heterocycles. The minimum absolute atomic E-state index is 0.0410. The zero-order valence-electron chi connectivity index (χ0n) is 17.2. The summed E-state index contributed by atoms with van der Waals surface area (Å²) in [6, 6.07) is 17.5. The van der Waals surface area contributed by atoms with E-state index < -0.39 is 0 Å². The predicted molar refractivity (Wildman–Crippen MR) is 117 cm³/mol. The molecule has 2 heterocycles. The Morgan fingerprint density at radius 3 is 2.72 bits per heavy atom. The molecule has 4 rings (SSSR count). The van der Waals surface area contributed by atoms with Crippen LogP contribution in [0.4, 0.5) is 0 Å². The number of aromatic nitrogens is 1. The molecule has 1 aromatic heterocycles. The van der Waals surface area contributed by atoms with Gasteiger partial charge in [-0.3, -0.25) is 9.69 Å². The Balaban J connectivity index is 1.39. The minimum Gasteiger partial charge on any atom is -0.380 e. The normalized spacial score (nSPS) is 16.6. The van der Waals surface area contributed by atoms with Gasteiger partial charge in [-0.05, 0) is 49.0 Å². The molecule has 1 N–H and O–H groups in total. The summed E-state index contributed by atoms with van der Waals surface area (Å²) in [5.74, 6) is 0.0410. The van der Waals surface area contributed by atoms with Crippen molar-refractivity contribution in [3.05, 3.63) is 60.3 Å². The number of nitrogens with zero attached hydrogens (tertiary/aromatic N) is 2. The Kier molecular flexibility index (Phi) is 5.97. The third-order valence-corrected chi connectivity index (χ3v) is 5.79. The number of carbonyl (C=O) groups excluding carboxylic acids is 1. The number of amides is 1. The lowest BCUT2D eigenvalue weighted by Gasteiger charge is -2.22. The first-order valence-electron chi connectivity index (χ1n) is 10.3. The second kappa shape index (κ2) is 8.80. The maximum Gasteiger partial charge on any atom is 0.239 e. The lowest BCUT2D eigenvalue weighted by atomic mass is 10.0. The van der Waals surface area contributed by atoms with Crippen LogP contribution in [0.25, 0.3) is 22.0 Å². The molecule has 0 bridgehead atoms. The van der Waals surface area contributed by atoms with Crippen LogP contribution in [-0.2, 0) is 16.1 Å². The lowest BCUT2D eigenvalue weighted by Crippen LogP contribution is -2.39. The Morgan fingerprint density at radius 1 is 1.17 bits per heavy atom. The molecule has 1 atom stereocenters. The number of aryl methyl sites for hydroxylation is 1. The first-order chi connectivity index (χ1) is 14.1. The first-order valence-corrected chi connectivity index (χ1v) is 10.3. The van der Waals surface area contributed by atoms with Crippen LogP contribution in [0, 0.1) is 6.92 Å².